The van der Waals surface area contributed by atoms with Gasteiger partial charge in [-0.25, -0.2) is 9.97 Å². The van der Waals surface area contributed by atoms with Gasteiger partial charge in [0, 0.05) is 22.3 Å². The maximum absolute atomic E-state index is 12.8. The highest BCUT2D eigenvalue weighted by Gasteiger charge is 2.13. The van der Waals surface area contributed by atoms with Gasteiger partial charge in [-0.1, -0.05) is 35.6 Å². The summed E-state index contributed by atoms with van der Waals surface area (Å²) in [7, 11) is 0. The minimum absolute atomic E-state index is 0.105. The summed E-state index contributed by atoms with van der Waals surface area (Å²) in [6, 6.07) is 17.5. The fraction of sp³-hybridized carbons (Fsp3) is 0.0952. The van der Waals surface area contributed by atoms with Crippen molar-refractivity contribution in [2.75, 3.05) is 11.6 Å². The van der Waals surface area contributed by atoms with E-state index in [1.54, 1.807) is 29.3 Å². The number of benzene rings is 2. The predicted octanol–water partition coefficient (Wildman–Crippen LogP) is 5.64. The maximum Gasteiger partial charge on any atom is 0.256 e. The summed E-state index contributed by atoms with van der Waals surface area (Å²) in [6.45, 7) is 1.99. The van der Waals surface area contributed by atoms with Gasteiger partial charge in [-0.2, -0.15) is 0 Å². The summed E-state index contributed by atoms with van der Waals surface area (Å²) in [4.78, 5) is 23.7. The van der Waals surface area contributed by atoms with E-state index in [0.29, 0.717) is 5.56 Å². The molecule has 1 amide bonds. The number of hydrogen-bond donors (Lipinski definition) is 1. The standard InChI is InChI=1S/C21H17N3OS2/c1-13-9-10-14(20-24-16-7-5-11-22-21(16)27-20)12-17(13)23-19(25)15-6-3-4-8-18(15)26-2/h3-12H,1-2H3,(H,23,25). The highest BCUT2D eigenvalue weighted by Crippen LogP contribution is 2.31. The lowest BCUT2D eigenvalue weighted by Gasteiger charge is -2.11. The minimum atomic E-state index is -0.105. The molecule has 2 heterocycles. The van der Waals surface area contributed by atoms with Crippen LogP contribution in [0.25, 0.3) is 20.9 Å². The Labute approximate surface area is 165 Å². The van der Waals surface area contributed by atoms with Crippen molar-refractivity contribution in [3.8, 4) is 10.6 Å². The van der Waals surface area contributed by atoms with E-state index in [1.165, 1.54) is 0 Å². The second kappa shape index (κ2) is 7.50. The number of thioether (sulfide) groups is 1. The van der Waals surface area contributed by atoms with Crippen LogP contribution in [0.15, 0.2) is 65.7 Å². The van der Waals surface area contributed by atoms with Gasteiger partial charge in [-0.05, 0) is 49.1 Å². The van der Waals surface area contributed by atoms with Gasteiger partial charge >= 0.3 is 0 Å². The quantitative estimate of drug-likeness (QED) is 0.457. The number of aryl methyl sites for hydroxylation is 1. The molecule has 0 unspecified atom stereocenters. The maximum atomic E-state index is 12.8. The highest BCUT2D eigenvalue weighted by molar-refractivity contribution is 7.98. The Morgan fingerprint density at radius 1 is 1.11 bits per heavy atom. The Bertz CT molecular complexity index is 1100. The largest absolute Gasteiger partial charge is 0.322 e. The molecule has 0 atom stereocenters. The van der Waals surface area contributed by atoms with Gasteiger partial charge in [0.15, 0.2) is 0 Å². The third-order valence-corrected chi connectivity index (χ3v) is 6.07. The molecule has 27 heavy (non-hydrogen) atoms. The molecule has 0 radical (unpaired) electrons. The lowest BCUT2D eigenvalue weighted by Crippen LogP contribution is -2.13. The average Bonchev–Trinajstić information content (AvgIpc) is 3.13. The molecule has 0 aliphatic heterocycles. The minimum Gasteiger partial charge on any atom is -0.322 e. The molecule has 0 aliphatic carbocycles. The van der Waals surface area contributed by atoms with E-state index in [9.17, 15) is 4.79 Å². The van der Waals surface area contributed by atoms with Crippen LogP contribution in [0.2, 0.25) is 0 Å². The van der Waals surface area contributed by atoms with Crippen LogP contribution < -0.4 is 5.32 Å². The van der Waals surface area contributed by atoms with Crippen molar-refractivity contribution in [3.05, 3.63) is 71.9 Å². The van der Waals surface area contributed by atoms with Gasteiger partial charge in [-0.15, -0.1) is 11.8 Å². The zero-order chi connectivity index (χ0) is 18.8. The van der Waals surface area contributed by atoms with Crippen molar-refractivity contribution >= 4 is 45.0 Å². The molecule has 4 rings (SSSR count). The van der Waals surface area contributed by atoms with E-state index in [1.807, 2.05) is 67.8 Å². The molecule has 0 saturated carbocycles. The molecule has 134 valence electrons. The molecule has 4 nitrogen and oxygen atoms in total. The second-order valence-corrected chi connectivity index (χ2v) is 7.86. The lowest BCUT2D eigenvalue weighted by atomic mass is 10.1. The zero-order valence-corrected chi connectivity index (χ0v) is 16.5. The van der Waals surface area contributed by atoms with Crippen LogP contribution in [0.5, 0.6) is 0 Å². The van der Waals surface area contributed by atoms with E-state index >= 15 is 0 Å². The monoisotopic (exact) mass is 391 g/mol. The zero-order valence-electron chi connectivity index (χ0n) is 14.9. The first-order valence-electron chi connectivity index (χ1n) is 8.42. The average molecular weight is 392 g/mol. The molecule has 0 aliphatic rings. The van der Waals surface area contributed by atoms with Gasteiger partial charge in [0.05, 0.1) is 5.56 Å². The van der Waals surface area contributed by atoms with Crippen molar-refractivity contribution in [2.45, 2.75) is 11.8 Å². The Kier molecular flexibility index (Phi) is 4.92. The Morgan fingerprint density at radius 3 is 2.78 bits per heavy atom. The van der Waals surface area contributed by atoms with Crippen molar-refractivity contribution in [1.29, 1.82) is 0 Å². The third kappa shape index (κ3) is 3.59. The third-order valence-electron chi connectivity index (χ3n) is 4.25. The van der Waals surface area contributed by atoms with Crippen LogP contribution in [0.4, 0.5) is 5.69 Å². The fourth-order valence-electron chi connectivity index (χ4n) is 2.80. The topological polar surface area (TPSA) is 54.9 Å². The number of fused-ring (bicyclic) bond motifs is 1. The summed E-state index contributed by atoms with van der Waals surface area (Å²) >= 11 is 3.11. The molecule has 0 bridgehead atoms. The van der Waals surface area contributed by atoms with Crippen LogP contribution in [0.3, 0.4) is 0 Å². The van der Waals surface area contributed by atoms with Crippen molar-refractivity contribution < 1.29 is 4.79 Å². The van der Waals surface area contributed by atoms with E-state index in [2.05, 4.69) is 15.3 Å². The number of nitrogens with one attached hydrogen (secondary N) is 1. The number of carbonyl (C=O) groups excluding carboxylic acids is 1. The lowest BCUT2D eigenvalue weighted by molar-refractivity contribution is 0.102. The number of nitrogens with zero attached hydrogens (tertiary/aromatic N) is 2. The number of rotatable bonds is 4. The first kappa shape index (κ1) is 17.7. The van der Waals surface area contributed by atoms with Crippen LogP contribution >= 0.6 is 23.1 Å². The summed E-state index contributed by atoms with van der Waals surface area (Å²) < 4.78 is 0. The van der Waals surface area contributed by atoms with E-state index in [4.69, 9.17) is 0 Å². The molecule has 0 spiro atoms. The molecule has 2 aromatic heterocycles. The van der Waals surface area contributed by atoms with Crippen LogP contribution in [0.1, 0.15) is 15.9 Å². The Hall–Kier alpha value is -2.70. The number of pyridine rings is 1. The van der Waals surface area contributed by atoms with Crippen LogP contribution in [0, 0.1) is 6.92 Å². The molecule has 6 heteroatoms. The van der Waals surface area contributed by atoms with Gasteiger partial charge in [0.25, 0.3) is 5.91 Å². The normalized spacial score (nSPS) is 10.9. The fourth-order valence-corrected chi connectivity index (χ4v) is 4.30. The van der Waals surface area contributed by atoms with Crippen LogP contribution in [-0.2, 0) is 0 Å². The summed E-state index contributed by atoms with van der Waals surface area (Å²) in [5.41, 5.74) is 4.34. The van der Waals surface area contributed by atoms with Crippen molar-refractivity contribution in [3.63, 3.8) is 0 Å². The Morgan fingerprint density at radius 2 is 1.96 bits per heavy atom. The van der Waals surface area contributed by atoms with Crippen molar-refractivity contribution in [2.24, 2.45) is 0 Å². The molecule has 4 aromatic rings. The van der Waals surface area contributed by atoms with E-state index in [0.717, 1.165) is 37.1 Å². The molecule has 1 N–H and O–H groups in total. The van der Waals surface area contributed by atoms with E-state index in [-0.39, 0.29) is 5.91 Å². The summed E-state index contributed by atoms with van der Waals surface area (Å²) in [5.74, 6) is -0.105. The van der Waals surface area contributed by atoms with Crippen LogP contribution in [-0.4, -0.2) is 22.1 Å². The number of hydrogen-bond acceptors (Lipinski definition) is 5. The Balaban J connectivity index is 1.67. The molecule has 2 aromatic carbocycles. The molecular weight excluding hydrogens is 374 g/mol. The number of anilines is 1. The smallest absolute Gasteiger partial charge is 0.256 e. The number of carbonyl (C=O) groups is 1. The SMILES string of the molecule is CSc1ccccc1C(=O)Nc1cc(-c2nc3cccnc3s2)ccc1C. The summed E-state index contributed by atoms with van der Waals surface area (Å²) in [5, 5.41) is 3.95. The summed E-state index contributed by atoms with van der Waals surface area (Å²) in [6.07, 6.45) is 3.74. The number of aromatic nitrogens is 2. The second-order valence-electron chi connectivity index (χ2n) is 6.03. The first-order chi connectivity index (χ1) is 13.2. The predicted molar refractivity (Wildman–Crippen MR) is 114 cm³/mol. The highest BCUT2D eigenvalue weighted by atomic mass is 32.2. The number of amides is 1. The van der Waals surface area contributed by atoms with E-state index < -0.39 is 0 Å². The molecule has 0 saturated heterocycles. The van der Waals surface area contributed by atoms with Gasteiger partial charge in [-0.3, -0.25) is 4.79 Å². The molecular formula is C21H17N3OS2. The molecule has 0 fully saturated rings. The van der Waals surface area contributed by atoms with Gasteiger partial charge in [0.2, 0.25) is 0 Å². The van der Waals surface area contributed by atoms with Crippen molar-refractivity contribution in [1.82, 2.24) is 9.97 Å². The van der Waals surface area contributed by atoms with Gasteiger partial charge in [0.1, 0.15) is 15.4 Å². The number of thiazole rings is 1. The first-order valence-corrected chi connectivity index (χ1v) is 10.5. The van der Waals surface area contributed by atoms with Gasteiger partial charge < -0.3 is 5.32 Å².